The highest BCUT2D eigenvalue weighted by molar-refractivity contribution is 5.85. The molecule has 0 spiro atoms. The maximum absolute atomic E-state index is 13.9. The van der Waals surface area contributed by atoms with Gasteiger partial charge in [0, 0.05) is 38.6 Å². The summed E-state index contributed by atoms with van der Waals surface area (Å²) in [5.41, 5.74) is -0.496. The van der Waals surface area contributed by atoms with Crippen molar-refractivity contribution in [1.82, 2.24) is 9.80 Å². The number of amides is 2. The number of aliphatic hydroxyl groups is 1. The topological polar surface area (TPSA) is 70.1 Å². The highest BCUT2D eigenvalue weighted by Crippen LogP contribution is 2.46. The van der Waals surface area contributed by atoms with Gasteiger partial charge in [-0.15, -0.1) is 0 Å². The summed E-state index contributed by atoms with van der Waals surface area (Å²) in [4.78, 5) is 29.1. The number of rotatable bonds is 4. The summed E-state index contributed by atoms with van der Waals surface area (Å²) in [7, 11) is 1.48. The molecule has 0 aromatic heterocycles. The number of nitrogens with zero attached hydrogens (tertiary/aromatic N) is 2. The van der Waals surface area contributed by atoms with Crippen LogP contribution >= 0.6 is 0 Å². The summed E-state index contributed by atoms with van der Waals surface area (Å²) in [6.45, 7) is 1.49. The molecule has 2 aliphatic heterocycles. The Bertz CT molecular complexity index is 765. The molecule has 1 aliphatic carbocycles. The second-order valence-corrected chi connectivity index (χ2v) is 8.35. The molecule has 2 heterocycles. The molecule has 3 atom stereocenters. The van der Waals surface area contributed by atoms with Crippen LogP contribution in [0.4, 0.5) is 4.39 Å². The van der Waals surface area contributed by atoms with Crippen LogP contribution in [0.3, 0.4) is 0 Å². The Hall–Kier alpha value is -1.99. The first-order valence-electron chi connectivity index (χ1n) is 9.98. The van der Waals surface area contributed by atoms with E-state index in [4.69, 9.17) is 4.74 Å². The van der Waals surface area contributed by atoms with E-state index in [0.717, 1.165) is 18.4 Å². The molecule has 2 amide bonds. The van der Waals surface area contributed by atoms with Gasteiger partial charge in [-0.1, -0.05) is 12.1 Å². The van der Waals surface area contributed by atoms with E-state index in [-0.39, 0.29) is 42.1 Å². The lowest BCUT2D eigenvalue weighted by molar-refractivity contribution is -0.150. The van der Waals surface area contributed by atoms with Crippen molar-refractivity contribution < 1.29 is 23.8 Å². The Morgan fingerprint density at radius 3 is 2.68 bits per heavy atom. The maximum Gasteiger partial charge on any atom is 0.254 e. The van der Waals surface area contributed by atoms with Crippen molar-refractivity contribution in [2.75, 3.05) is 33.4 Å². The minimum absolute atomic E-state index is 0.0202. The molecule has 1 N–H and O–H groups in total. The fourth-order valence-corrected chi connectivity index (χ4v) is 5.26. The van der Waals surface area contributed by atoms with Gasteiger partial charge in [0.05, 0.1) is 6.04 Å². The third-order valence-corrected chi connectivity index (χ3v) is 6.56. The van der Waals surface area contributed by atoms with E-state index in [9.17, 15) is 19.1 Å². The number of halogens is 1. The number of carbonyl (C=O) groups is 2. The first kappa shape index (κ1) is 19.3. The normalized spacial score (nSPS) is 28.6. The number of fused-ring (bicyclic) bond motifs is 1. The highest BCUT2D eigenvalue weighted by Gasteiger charge is 2.52. The summed E-state index contributed by atoms with van der Waals surface area (Å²) in [5, 5.41) is 10.7. The third kappa shape index (κ3) is 3.31. The number of ether oxygens (including phenoxy) is 1. The Morgan fingerprint density at radius 2 is 2.00 bits per heavy atom. The van der Waals surface area contributed by atoms with E-state index in [1.165, 1.54) is 19.2 Å². The average Bonchev–Trinajstić information content (AvgIpc) is 3.35. The number of hydrogen-bond acceptors (Lipinski definition) is 4. The van der Waals surface area contributed by atoms with Crippen LogP contribution in [0, 0.1) is 17.7 Å². The predicted molar refractivity (Wildman–Crippen MR) is 99.7 cm³/mol. The zero-order valence-corrected chi connectivity index (χ0v) is 16.1. The van der Waals surface area contributed by atoms with Crippen LogP contribution in [-0.2, 0) is 14.3 Å². The lowest BCUT2D eigenvalue weighted by Gasteiger charge is -2.32. The molecule has 6 nitrogen and oxygen atoms in total. The number of benzene rings is 1. The van der Waals surface area contributed by atoms with Gasteiger partial charge in [0.2, 0.25) is 5.91 Å². The molecule has 7 heteroatoms. The second kappa shape index (κ2) is 7.44. The molecule has 1 aromatic carbocycles. The van der Waals surface area contributed by atoms with Crippen LogP contribution in [-0.4, -0.2) is 65.7 Å². The molecule has 4 rings (SSSR count). The van der Waals surface area contributed by atoms with Crippen LogP contribution < -0.4 is 0 Å². The molecule has 28 heavy (non-hydrogen) atoms. The number of methoxy groups -OCH3 is 1. The second-order valence-electron chi connectivity index (χ2n) is 8.35. The SMILES string of the molecule is COCC(=O)N1C[C@H]2CN(C(=O)C3(O)CCCC3)C[C@H]2[C@@H]1c1cccc(F)c1. The van der Waals surface area contributed by atoms with Crippen LogP contribution in [0.1, 0.15) is 37.3 Å². The summed E-state index contributed by atoms with van der Waals surface area (Å²) >= 11 is 0. The van der Waals surface area contributed by atoms with E-state index >= 15 is 0 Å². The largest absolute Gasteiger partial charge is 0.380 e. The van der Waals surface area contributed by atoms with Gasteiger partial charge in [0.25, 0.3) is 5.91 Å². The molecule has 3 aliphatic rings. The number of hydrogen-bond donors (Lipinski definition) is 1. The van der Waals surface area contributed by atoms with E-state index in [1.807, 2.05) is 6.07 Å². The predicted octanol–water partition coefficient (Wildman–Crippen LogP) is 1.74. The Labute approximate surface area is 164 Å². The van der Waals surface area contributed by atoms with Crippen LogP contribution in [0.2, 0.25) is 0 Å². The summed E-state index contributed by atoms with van der Waals surface area (Å²) in [6, 6.07) is 6.04. The van der Waals surface area contributed by atoms with E-state index in [1.54, 1.807) is 15.9 Å². The van der Waals surface area contributed by atoms with Crippen LogP contribution in [0.15, 0.2) is 24.3 Å². The Kier molecular flexibility index (Phi) is 5.14. The Balaban J connectivity index is 1.58. The quantitative estimate of drug-likeness (QED) is 0.850. The Morgan fingerprint density at radius 1 is 1.25 bits per heavy atom. The van der Waals surface area contributed by atoms with E-state index in [0.29, 0.717) is 32.5 Å². The minimum atomic E-state index is -1.24. The van der Waals surface area contributed by atoms with E-state index < -0.39 is 5.60 Å². The van der Waals surface area contributed by atoms with Crippen molar-refractivity contribution in [2.24, 2.45) is 11.8 Å². The third-order valence-electron chi connectivity index (χ3n) is 6.56. The molecule has 2 saturated heterocycles. The van der Waals surface area contributed by atoms with Crippen molar-refractivity contribution in [3.8, 4) is 0 Å². The number of likely N-dealkylation sites (tertiary alicyclic amines) is 2. The van der Waals surface area contributed by atoms with E-state index in [2.05, 4.69) is 0 Å². The molecule has 0 unspecified atom stereocenters. The standard InChI is InChI=1S/C21H27FN2O4/c1-28-13-18(25)24-11-15-10-23(20(26)21(27)7-2-3-8-21)12-17(15)19(24)14-5-4-6-16(22)9-14/h4-6,9,15,17,19,27H,2-3,7-8,10-13H2,1H3/t15-,17-,19+/m1/s1. The maximum atomic E-state index is 13.9. The van der Waals surface area contributed by atoms with Gasteiger partial charge in [0.15, 0.2) is 0 Å². The van der Waals surface area contributed by atoms with Gasteiger partial charge in [-0.25, -0.2) is 4.39 Å². The van der Waals surface area contributed by atoms with Crippen molar-refractivity contribution in [2.45, 2.75) is 37.3 Å². The molecular weight excluding hydrogens is 363 g/mol. The van der Waals surface area contributed by atoms with Gasteiger partial charge >= 0.3 is 0 Å². The number of carbonyl (C=O) groups excluding carboxylic acids is 2. The van der Waals surface area contributed by atoms with Crippen molar-refractivity contribution >= 4 is 11.8 Å². The summed E-state index contributed by atoms with van der Waals surface area (Å²) in [6.07, 6.45) is 2.77. The van der Waals surface area contributed by atoms with Gasteiger partial charge in [-0.05, 0) is 43.4 Å². The van der Waals surface area contributed by atoms with Gasteiger partial charge in [-0.3, -0.25) is 9.59 Å². The van der Waals surface area contributed by atoms with Crippen LogP contribution in [0.5, 0.6) is 0 Å². The van der Waals surface area contributed by atoms with Crippen molar-refractivity contribution in [1.29, 1.82) is 0 Å². The van der Waals surface area contributed by atoms with Gasteiger partial charge in [0.1, 0.15) is 18.0 Å². The monoisotopic (exact) mass is 390 g/mol. The van der Waals surface area contributed by atoms with Gasteiger partial charge in [-0.2, -0.15) is 0 Å². The van der Waals surface area contributed by atoms with Crippen LogP contribution in [0.25, 0.3) is 0 Å². The zero-order chi connectivity index (χ0) is 19.9. The molecule has 0 bridgehead atoms. The smallest absolute Gasteiger partial charge is 0.254 e. The molecule has 3 fully saturated rings. The molecular formula is C21H27FN2O4. The fourth-order valence-electron chi connectivity index (χ4n) is 5.26. The first-order valence-corrected chi connectivity index (χ1v) is 9.98. The summed E-state index contributed by atoms with van der Waals surface area (Å²) in [5.74, 6) is -0.517. The zero-order valence-electron chi connectivity index (χ0n) is 16.1. The molecule has 0 radical (unpaired) electrons. The van der Waals surface area contributed by atoms with Crippen molar-refractivity contribution in [3.63, 3.8) is 0 Å². The molecule has 1 saturated carbocycles. The van der Waals surface area contributed by atoms with Gasteiger partial charge < -0.3 is 19.6 Å². The average molecular weight is 390 g/mol. The highest BCUT2D eigenvalue weighted by atomic mass is 19.1. The first-order chi connectivity index (χ1) is 13.4. The molecule has 1 aromatic rings. The van der Waals surface area contributed by atoms with Crippen molar-refractivity contribution in [3.05, 3.63) is 35.6 Å². The fraction of sp³-hybridized carbons (Fsp3) is 0.619. The lowest BCUT2D eigenvalue weighted by atomic mass is 9.89. The minimum Gasteiger partial charge on any atom is -0.380 e. The molecule has 152 valence electrons. The lowest BCUT2D eigenvalue weighted by Crippen LogP contribution is -2.47. The summed E-state index contributed by atoms with van der Waals surface area (Å²) < 4.78 is 18.9.